The summed E-state index contributed by atoms with van der Waals surface area (Å²) in [5.74, 6) is 1.80. The normalized spacial score (nSPS) is 20.4. The molecule has 0 atom stereocenters. The Balaban J connectivity index is 1.39. The van der Waals surface area contributed by atoms with E-state index in [1.807, 2.05) is 18.3 Å². The van der Waals surface area contributed by atoms with Gasteiger partial charge >= 0.3 is 0 Å². The van der Waals surface area contributed by atoms with Gasteiger partial charge in [-0.1, -0.05) is 15.9 Å². The number of hydrogen-bond acceptors (Lipinski definition) is 2. The van der Waals surface area contributed by atoms with Crippen molar-refractivity contribution in [2.45, 2.75) is 37.5 Å². The molecule has 3 nitrogen and oxygen atoms in total. The summed E-state index contributed by atoms with van der Waals surface area (Å²) in [6.45, 7) is 0. The topological polar surface area (TPSA) is 41.6 Å². The van der Waals surface area contributed by atoms with Crippen molar-refractivity contribution in [3.05, 3.63) is 70.3 Å². The molecule has 1 N–H and O–H groups in total. The molecule has 1 saturated carbocycles. The number of fused-ring (bicyclic) bond motifs is 2. The highest BCUT2D eigenvalue weighted by atomic mass is 79.9. The number of halogens is 2. The predicted molar refractivity (Wildman–Crippen MR) is 109 cm³/mol. The van der Waals surface area contributed by atoms with Crippen LogP contribution in [0.3, 0.4) is 0 Å². The average Bonchev–Trinajstić information content (AvgIpc) is 3.11. The molecule has 0 spiro atoms. The first-order valence-corrected chi connectivity index (χ1v) is 10.2. The highest BCUT2D eigenvalue weighted by molar-refractivity contribution is 9.10. The maximum Gasteiger partial charge on any atom is 0.123 e. The van der Waals surface area contributed by atoms with E-state index in [-0.39, 0.29) is 5.82 Å². The fourth-order valence-electron chi connectivity index (χ4n) is 4.37. The molecule has 0 amide bonds. The Hall–Kier alpha value is -2.27. The van der Waals surface area contributed by atoms with Crippen LogP contribution in [-0.4, -0.2) is 15.0 Å². The maximum absolute atomic E-state index is 13.8. The summed E-state index contributed by atoms with van der Waals surface area (Å²) >= 11 is 3.52. The van der Waals surface area contributed by atoms with Crippen molar-refractivity contribution in [1.29, 1.82) is 0 Å². The lowest BCUT2D eigenvalue weighted by molar-refractivity contribution is 0.388. The number of rotatable bonds is 2. The Kier molecular flexibility index (Phi) is 4.20. The Morgan fingerprint density at radius 1 is 0.926 bits per heavy atom. The van der Waals surface area contributed by atoms with Gasteiger partial charge in [-0.25, -0.2) is 9.37 Å². The van der Waals surface area contributed by atoms with Crippen molar-refractivity contribution in [1.82, 2.24) is 15.0 Å². The predicted octanol–water partition coefficient (Wildman–Crippen LogP) is 6.45. The zero-order chi connectivity index (χ0) is 18.4. The second-order valence-corrected chi connectivity index (χ2v) is 8.31. The molecule has 4 aromatic rings. The number of nitrogens with one attached hydrogen (secondary N) is 1. The number of aromatic nitrogens is 3. The minimum atomic E-state index is -0.195. The molecule has 1 fully saturated rings. The van der Waals surface area contributed by atoms with Crippen molar-refractivity contribution in [2.75, 3.05) is 0 Å². The van der Waals surface area contributed by atoms with Crippen LogP contribution < -0.4 is 0 Å². The van der Waals surface area contributed by atoms with Gasteiger partial charge in [0.1, 0.15) is 11.6 Å². The van der Waals surface area contributed by atoms with Gasteiger partial charge in [-0.2, -0.15) is 0 Å². The number of aromatic amines is 1. The number of hydrogen-bond donors (Lipinski definition) is 1. The zero-order valence-corrected chi connectivity index (χ0v) is 16.3. The quantitative estimate of drug-likeness (QED) is 0.402. The Morgan fingerprint density at radius 3 is 2.56 bits per heavy atom. The van der Waals surface area contributed by atoms with E-state index in [1.54, 1.807) is 12.1 Å². The molecule has 2 aromatic carbocycles. The first kappa shape index (κ1) is 16.9. The Morgan fingerprint density at radius 2 is 1.70 bits per heavy atom. The van der Waals surface area contributed by atoms with Gasteiger partial charge in [0, 0.05) is 22.0 Å². The largest absolute Gasteiger partial charge is 0.342 e. The first-order chi connectivity index (χ1) is 13.2. The van der Waals surface area contributed by atoms with Gasteiger partial charge < -0.3 is 4.98 Å². The van der Waals surface area contributed by atoms with Gasteiger partial charge in [0.15, 0.2) is 0 Å². The van der Waals surface area contributed by atoms with Crippen molar-refractivity contribution in [3.63, 3.8) is 0 Å². The van der Waals surface area contributed by atoms with Crippen LogP contribution in [0.2, 0.25) is 0 Å². The minimum Gasteiger partial charge on any atom is -0.342 e. The highest BCUT2D eigenvalue weighted by Gasteiger charge is 2.26. The van der Waals surface area contributed by atoms with Crippen LogP contribution in [0.5, 0.6) is 0 Å². The molecule has 0 aliphatic heterocycles. The summed E-state index contributed by atoms with van der Waals surface area (Å²) in [6, 6.07) is 13.1. The number of pyridine rings is 1. The third-order valence-electron chi connectivity index (χ3n) is 5.75. The van der Waals surface area contributed by atoms with E-state index in [0.29, 0.717) is 11.8 Å². The lowest BCUT2D eigenvalue weighted by atomic mass is 9.77. The molecule has 1 aliphatic carbocycles. The Bertz CT molecular complexity index is 1130. The van der Waals surface area contributed by atoms with Crippen LogP contribution in [0.1, 0.15) is 48.9 Å². The third kappa shape index (κ3) is 3.14. The lowest BCUT2D eigenvalue weighted by Crippen LogP contribution is -2.13. The molecule has 2 heterocycles. The summed E-state index contributed by atoms with van der Waals surface area (Å²) in [5, 5.41) is 0.953. The van der Waals surface area contributed by atoms with Crippen molar-refractivity contribution < 1.29 is 4.39 Å². The smallest absolute Gasteiger partial charge is 0.123 e. The van der Waals surface area contributed by atoms with Crippen molar-refractivity contribution in [3.8, 4) is 0 Å². The van der Waals surface area contributed by atoms with E-state index < -0.39 is 0 Å². The van der Waals surface area contributed by atoms with E-state index >= 15 is 0 Å². The van der Waals surface area contributed by atoms with Gasteiger partial charge in [-0.3, -0.25) is 4.98 Å². The lowest BCUT2D eigenvalue weighted by Gasteiger charge is -2.28. The van der Waals surface area contributed by atoms with Crippen LogP contribution in [0.4, 0.5) is 4.39 Å². The zero-order valence-electron chi connectivity index (χ0n) is 14.8. The van der Waals surface area contributed by atoms with Gasteiger partial charge in [-0.15, -0.1) is 0 Å². The summed E-state index contributed by atoms with van der Waals surface area (Å²) < 4.78 is 14.8. The van der Waals surface area contributed by atoms with Crippen LogP contribution in [0, 0.1) is 5.82 Å². The summed E-state index contributed by atoms with van der Waals surface area (Å²) in [4.78, 5) is 12.7. The molecule has 0 radical (unpaired) electrons. The highest BCUT2D eigenvalue weighted by Crippen LogP contribution is 2.41. The standard InChI is InChI=1S/C22H19BrFN3/c23-15-5-7-20-21(11-15)27-22(26-20)14-3-1-13(2-4-14)17-9-10-25-19-8-6-16(24)12-18(17)19/h5-14H,1-4H2,(H,26,27). The SMILES string of the molecule is Fc1ccc2nccc(C3CCC(c4nc5ccc(Br)cc5[nH]4)CC3)c2c1. The van der Waals surface area contributed by atoms with Crippen LogP contribution in [-0.2, 0) is 0 Å². The van der Waals surface area contributed by atoms with Gasteiger partial charge in [0.2, 0.25) is 0 Å². The second kappa shape index (κ2) is 6.71. The van der Waals surface area contributed by atoms with Crippen molar-refractivity contribution in [2.24, 2.45) is 0 Å². The summed E-state index contributed by atoms with van der Waals surface area (Å²) in [5.41, 5.74) is 4.20. The van der Waals surface area contributed by atoms with Crippen LogP contribution >= 0.6 is 15.9 Å². The number of nitrogens with zero attached hydrogens (tertiary/aromatic N) is 2. The second-order valence-electron chi connectivity index (χ2n) is 7.39. The first-order valence-electron chi connectivity index (χ1n) is 9.37. The molecule has 5 rings (SSSR count). The van der Waals surface area contributed by atoms with Gasteiger partial charge in [0.05, 0.1) is 16.6 Å². The number of benzene rings is 2. The van der Waals surface area contributed by atoms with E-state index in [4.69, 9.17) is 4.98 Å². The van der Waals surface area contributed by atoms with Crippen molar-refractivity contribution >= 4 is 37.9 Å². The van der Waals surface area contributed by atoms with Crippen LogP contribution in [0.25, 0.3) is 21.9 Å². The molecule has 136 valence electrons. The van der Waals surface area contributed by atoms with Gasteiger partial charge in [-0.05, 0) is 79.6 Å². The van der Waals surface area contributed by atoms with E-state index in [0.717, 1.165) is 57.9 Å². The fraction of sp³-hybridized carbons (Fsp3) is 0.273. The molecule has 0 unspecified atom stereocenters. The molecule has 0 saturated heterocycles. The fourth-order valence-corrected chi connectivity index (χ4v) is 4.73. The Labute approximate surface area is 165 Å². The minimum absolute atomic E-state index is 0.195. The molecule has 2 aromatic heterocycles. The monoisotopic (exact) mass is 423 g/mol. The van der Waals surface area contributed by atoms with Gasteiger partial charge in [0.25, 0.3) is 0 Å². The molecule has 27 heavy (non-hydrogen) atoms. The molecule has 5 heteroatoms. The third-order valence-corrected chi connectivity index (χ3v) is 6.25. The number of H-pyrrole nitrogens is 1. The molecular weight excluding hydrogens is 405 g/mol. The van der Waals surface area contributed by atoms with Crippen LogP contribution in [0.15, 0.2) is 53.1 Å². The molecule has 1 aliphatic rings. The summed E-state index contributed by atoms with van der Waals surface area (Å²) in [6.07, 6.45) is 6.19. The number of imidazole rings is 1. The van der Waals surface area contributed by atoms with E-state index in [9.17, 15) is 4.39 Å². The maximum atomic E-state index is 13.8. The van der Waals surface area contributed by atoms with E-state index in [1.165, 1.54) is 11.6 Å². The summed E-state index contributed by atoms with van der Waals surface area (Å²) in [7, 11) is 0. The molecule has 0 bridgehead atoms. The average molecular weight is 424 g/mol. The molecular formula is C22H19BrFN3. The van der Waals surface area contributed by atoms with E-state index in [2.05, 4.69) is 38.0 Å².